The Labute approximate surface area is 294 Å². The van der Waals surface area contributed by atoms with Gasteiger partial charge in [0.1, 0.15) is 23.1 Å². The summed E-state index contributed by atoms with van der Waals surface area (Å²) in [4.78, 5) is 25.0. The van der Waals surface area contributed by atoms with Gasteiger partial charge in [0.15, 0.2) is 0 Å². The van der Waals surface area contributed by atoms with Crippen LogP contribution in [0.15, 0.2) is 103 Å². The van der Waals surface area contributed by atoms with Crippen LogP contribution in [0.4, 0.5) is 31.1 Å². The minimum atomic E-state index is -4.95. The molecule has 0 bridgehead atoms. The van der Waals surface area contributed by atoms with E-state index >= 15 is 4.39 Å². The van der Waals surface area contributed by atoms with Crippen molar-refractivity contribution in [3.8, 4) is 11.4 Å². The number of hydrogen-bond donors (Lipinski definition) is 2. The molecule has 0 unspecified atom stereocenters. The predicted octanol–water partition coefficient (Wildman–Crippen LogP) is 7.26. The zero-order valence-corrected chi connectivity index (χ0v) is 27.7. The molecule has 1 atom stereocenters. The third kappa shape index (κ3) is 9.47. The summed E-state index contributed by atoms with van der Waals surface area (Å²) in [6.07, 6.45) is -6.08. The summed E-state index contributed by atoms with van der Waals surface area (Å²) in [7, 11) is 1.34. The number of rotatable bonds is 15. The Morgan fingerprint density at radius 2 is 1.58 bits per heavy atom. The number of benzene rings is 4. The van der Waals surface area contributed by atoms with Gasteiger partial charge in [-0.3, -0.25) is 4.79 Å². The molecule has 0 saturated heterocycles. The number of ether oxygens (including phenoxy) is 2. The summed E-state index contributed by atoms with van der Waals surface area (Å²) < 4.78 is 93.5. The van der Waals surface area contributed by atoms with E-state index < -0.39 is 41.5 Å². The number of aromatic nitrogens is 3. The Kier molecular flexibility index (Phi) is 11.8. The van der Waals surface area contributed by atoms with Crippen molar-refractivity contribution in [1.29, 1.82) is 0 Å². The maximum absolute atomic E-state index is 15.1. The molecule has 4 aromatic carbocycles. The maximum atomic E-state index is 15.1. The summed E-state index contributed by atoms with van der Waals surface area (Å²) in [5.74, 6) is -2.95. The zero-order valence-electron chi connectivity index (χ0n) is 27.7. The lowest BCUT2D eigenvalue weighted by Gasteiger charge is -2.37. The van der Waals surface area contributed by atoms with Gasteiger partial charge in [0.2, 0.25) is 0 Å². The molecule has 15 heteroatoms. The first-order valence-corrected chi connectivity index (χ1v) is 16.0. The number of methoxy groups -OCH3 is 1. The van der Waals surface area contributed by atoms with Gasteiger partial charge in [-0.15, -0.1) is 5.10 Å². The number of amides is 2. The smallest absolute Gasteiger partial charge is 0.461 e. The van der Waals surface area contributed by atoms with Crippen LogP contribution in [-0.2, 0) is 34.5 Å². The first-order valence-electron chi connectivity index (χ1n) is 16.0. The number of carbonyl (C=O) groups is 2. The third-order valence-corrected chi connectivity index (χ3v) is 8.09. The van der Waals surface area contributed by atoms with Crippen LogP contribution in [0, 0.1) is 11.6 Å². The molecule has 5 aromatic rings. The van der Waals surface area contributed by atoms with Crippen LogP contribution in [0.5, 0.6) is 5.75 Å². The zero-order chi connectivity index (χ0) is 37.3. The van der Waals surface area contributed by atoms with E-state index in [1.807, 2.05) is 24.3 Å². The molecule has 0 fully saturated rings. The van der Waals surface area contributed by atoms with Crippen LogP contribution in [0.2, 0.25) is 0 Å². The fourth-order valence-corrected chi connectivity index (χ4v) is 5.53. The molecule has 1 heterocycles. The molecular weight excluding hydrogens is 692 g/mol. The molecule has 0 saturated carbocycles. The van der Waals surface area contributed by atoms with E-state index in [-0.39, 0.29) is 30.1 Å². The number of alkyl halides is 4. The Balaban J connectivity index is 1.41. The predicted molar refractivity (Wildman–Crippen MR) is 177 cm³/mol. The van der Waals surface area contributed by atoms with Crippen molar-refractivity contribution in [2.45, 2.75) is 50.3 Å². The van der Waals surface area contributed by atoms with Gasteiger partial charge in [-0.1, -0.05) is 59.8 Å². The second-order valence-electron chi connectivity index (χ2n) is 11.8. The number of halogens is 6. The Bertz CT molecular complexity index is 1960. The van der Waals surface area contributed by atoms with Gasteiger partial charge < -0.3 is 20.1 Å². The minimum Gasteiger partial charge on any atom is -0.469 e. The monoisotopic (exact) mass is 725 g/mol. The van der Waals surface area contributed by atoms with Crippen molar-refractivity contribution in [2.24, 2.45) is 0 Å². The van der Waals surface area contributed by atoms with Crippen molar-refractivity contribution in [3.05, 3.63) is 143 Å². The van der Waals surface area contributed by atoms with Crippen LogP contribution in [0.1, 0.15) is 40.8 Å². The Hall–Kier alpha value is -5.86. The van der Waals surface area contributed by atoms with E-state index in [9.17, 15) is 31.5 Å². The highest BCUT2D eigenvalue weighted by Crippen LogP contribution is 2.38. The normalized spacial score (nSPS) is 12.6. The summed E-state index contributed by atoms with van der Waals surface area (Å²) in [6.45, 7) is -0.138. The lowest BCUT2D eigenvalue weighted by Crippen LogP contribution is -2.52. The fraction of sp³-hybridized carbons (Fsp3) is 0.243. The first-order chi connectivity index (χ1) is 24.9. The lowest BCUT2D eigenvalue weighted by atomic mass is 9.77. The summed E-state index contributed by atoms with van der Waals surface area (Å²) in [5, 5.41) is 13.7. The molecular formula is C37H33F6N5O4. The highest BCUT2D eigenvalue weighted by Gasteiger charge is 2.45. The number of hydrogen-bond acceptors (Lipinski definition) is 6. The second-order valence-corrected chi connectivity index (χ2v) is 11.8. The molecule has 0 aliphatic rings. The first kappa shape index (κ1) is 37.4. The molecule has 0 spiro atoms. The number of urea groups is 1. The number of esters is 1. The number of nitrogens with zero attached hydrogens (tertiary/aromatic N) is 3. The van der Waals surface area contributed by atoms with Crippen LogP contribution in [0.3, 0.4) is 0 Å². The quantitative estimate of drug-likeness (QED) is 0.0870. The van der Waals surface area contributed by atoms with Crippen LogP contribution < -0.4 is 15.4 Å². The maximum Gasteiger partial charge on any atom is 0.461 e. The van der Waals surface area contributed by atoms with Crippen LogP contribution in [0.25, 0.3) is 5.69 Å². The van der Waals surface area contributed by atoms with Crippen molar-refractivity contribution >= 4 is 12.0 Å². The van der Waals surface area contributed by atoms with Crippen LogP contribution >= 0.6 is 0 Å². The van der Waals surface area contributed by atoms with E-state index in [0.29, 0.717) is 42.3 Å². The number of aryl methyl sites for hydroxylation is 1. The van der Waals surface area contributed by atoms with Crippen molar-refractivity contribution in [1.82, 2.24) is 25.6 Å². The molecule has 9 nitrogen and oxygen atoms in total. The van der Waals surface area contributed by atoms with Gasteiger partial charge in [0, 0.05) is 18.9 Å². The number of carbonyl (C=O) groups excluding carboxylic acids is 2. The second kappa shape index (κ2) is 16.4. The highest BCUT2D eigenvalue weighted by molar-refractivity contribution is 5.76. The highest BCUT2D eigenvalue weighted by atomic mass is 19.3. The van der Waals surface area contributed by atoms with E-state index in [1.165, 1.54) is 23.9 Å². The SMILES string of the molecule is COC(=O)CCCc1ccc(-n2cc(CNC(=O)N[C@](Cc3ccccc3)(c3ccc(F)cc3)c3cc(F)cc(OC(F)(F)C(F)F)c3)nn2)cc1. The summed E-state index contributed by atoms with van der Waals surface area (Å²) in [6, 6.07) is 22.4. The molecule has 52 heavy (non-hydrogen) atoms. The molecule has 0 aliphatic heterocycles. The van der Waals surface area contributed by atoms with Gasteiger partial charge in [-0.05, 0) is 71.5 Å². The van der Waals surface area contributed by atoms with E-state index in [0.717, 1.165) is 29.8 Å². The van der Waals surface area contributed by atoms with Gasteiger partial charge >= 0.3 is 24.5 Å². The Morgan fingerprint density at radius 1 is 0.865 bits per heavy atom. The van der Waals surface area contributed by atoms with Crippen molar-refractivity contribution in [2.75, 3.05) is 7.11 Å². The molecule has 2 amide bonds. The topological polar surface area (TPSA) is 107 Å². The van der Waals surface area contributed by atoms with Gasteiger partial charge in [0.25, 0.3) is 0 Å². The minimum absolute atomic E-state index is 0.115. The Morgan fingerprint density at radius 3 is 2.25 bits per heavy atom. The third-order valence-electron chi connectivity index (χ3n) is 8.09. The largest absolute Gasteiger partial charge is 0.469 e. The van der Waals surface area contributed by atoms with E-state index in [4.69, 9.17) is 0 Å². The lowest BCUT2D eigenvalue weighted by molar-refractivity contribution is -0.253. The standard InChI is InChI=1S/C37H33F6N5O4/c1-51-33(49)9-5-8-24-10-16-31(17-11-24)48-23-30(46-47-48)22-44-35(50)45-36(21-25-6-3-2-4-7-25,26-12-14-28(38)15-13-26)27-18-29(39)20-32(19-27)52-37(42,43)34(40)41/h2-4,6-7,10-20,23,34H,5,8-9,21-22H2,1H3,(H2,44,45,50)/t36-/m1/s1. The van der Waals surface area contributed by atoms with Crippen molar-refractivity contribution in [3.63, 3.8) is 0 Å². The van der Waals surface area contributed by atoms with Crippen LogP contribution in [-0.4, -0.2) is 46.6 Å². The average Bonchev–Trinajstić information content (AvgIpc) is 3.60. The number of nitrogens with one attached hydrogen (secondary N) is 2. The summed E-state index contributed by atoms with van der Waals surface area (Å²) >= 11 is 0. The van der Waals surface area contributed by atoms with Gasteiger partial charge in [-0.2, -0.15) is 17.6 Å². The van der Waals surface area contributed by atoms with E-state index in [1.54, 1.807) is 36.5 Å². The molecule has 2 N–H and O–H groups in total. The molecule has 0 aliphatic carbocycles. The summed E-state index contributed by atoms with van der Waals surface area (Å²) in [5.41, 5.74) is 0.904. The van der Waals surface area contributed by atoms with E-state index in [2.05, 4.69) is 30.4 Å². The fourth-order valence-electron chi connectivity index (χ4n) is 5.53. The molecule has 1 aromatic heterocycles. The van der Waals surface area contributed by atoms with Crippen molar-refractivity contribution < 1.29 is 45.4 Å². The molecule has 0 radical (unpaired) electrons. The van der Waals surface area contributed by atoms with Gasteiger partial charge in [0.05, 0.1) is 31.1 Å². The molecule has 5 rings (SSSR count). The average molecular weight is 726 g/mol. The molecule has 272 valence electrons. The van der Waals surface area contributed by atoms with Gasteiger partial charge in [-0.25, -0.2) is 18.3 Å².